The minimum atomic E-state index is -1.24. The number of carbonyl (C=O) groups excluding carboxylic acids is 2. The average Bonchev–Trinajstić information content (AvgIpc) is 3.28. The van der Waals surface area contributed by atoms with Crippen molar-refractivity contribution in [2.45, 2.75) is 38.8 Å². The number of hydrogen-bond acceptors (Lipinski definition) is 3. The second-order valence-electron chi connectivity index (χ2n) is 5.71. The normalized spacial score (nSPS) is 16.9. The van der Waals surface area contributed by atoms with Gasteiger partial charge in [-0.15, -0.1) is 0 Å². The smallest absolute Gasteiger partial charge is 0.251 e. The average molecular weight is 290 g/mol. The Hall–Kier alpha value is -1.88. The Kier molecular flexibility index (Phi) is 4.96. The second kappa shape index (κ2) is 6.72. The molecule has 1 aliphatic carbocycles. The van der Waals surface area contributed by atoms with E-state index in [0.29, 0.717) is 18.0 Å². The van der Waals surface area contributed by atoms with E-state index in [-0.39, 0.29) is 5.91 Å². The largest absolute Gasteiger partial charge is 0.381 e. The first-order chi connectivity index (χ1) is 9.99. The first-order valence-corrected chi connectivity index (χ1v) is 7.31. The molecule has 114 valence electrons. The van der Waals surface area contributed by atoms with Gasteiger partial charge in [0, 0.05) is 12.1 Å². The van der Waals surface area contributed by atoms with E-state index in [1.807, 2.05) is 19.1 Å². The fourth-order valence-electron chi connectivity index (χ4n) is 2.09. The van der Waals surface area contributed by atoms with E-state index in [1.54, 1.807) is 19.1 Å². The summed E-state index contributed by atoms with van der Waals surface area (Å²) in [6.45, 7) is 4.07. The molecule has 5 nitrogen and oxygen atoms in total. The lowest BCUT2D eigenvalue weighted by Crippen LogP contribution is -2.49. The van der Waals surface area contributed by atoms with Crippen LogP contribution in [0.4, 0.5) is 0 Å². The molecule has 1 aromatic carbocycles. The number of amides is 2. The van der Waals surface area contributed by atoms with E-state index in [0.717, 1.165) is 18.4 Å². The van der Waals surface area contributed by atoms with Crippen LogP contribution in [-0.4, -0.2) is 35.6 Å². The maximum Gasteiger partial charge on any atom is 0.251 e. The molecule has 0 saturated heterocycles. The van der Waals surface area contributed by atoms with E-state index in [4.69, 9.17) is 0 Å². The minimum Gasteiger partial charge on any atom is -0.381 e. The van der Waals surface area contributed by atoms with Crippen LogP contribution in [0.5, 0.6) is 0 Å². The van der Waals surface area contributed by atoms with Crippen LogP contribution in [0.15, 0.2) is 24.3 Å². The van der Waals surface area contributed by atoms with E-state index in [9.17, 15) is 14.7 Å². The maximum atomic E-state index is 12.1. The van der Waals surface area contributed by atoms with Crippen molar-refractivity contribution in [3.63, 3.8) is 0 Å². The standard InChI is InChI=1S/C16H22N2O3/c1-10-5-3-4-6-13(10)15(20)18-11(2)14(19)16(21)17-9-12-7-8-12/h3-6,11-12,14,19H,7-9H2,1-2H3,(H,17,21)(H,18,20). The highest BCUT2D eigenvalue weighted by atomic mass is 16.3. The molecule has 1 aliphatic rings. The summed E-state index contributed by atoms with van der Waals surface area (Å²) in [6, 6.07) is 6.56. The van der Waals surface area contributed by atoms with Gasteiger partial charge in [0.05, 0.1) is 6.04 Å². The predicted octanol–water partition coefficient (Wildman–Crippen LogP) is 1.00. The van der Waals surface area contributed by atoms with Crippen molar-refractivity contribution in [1.29, 1.82) is 0 Å². The Morgan fingerprint density at radius 2 is 2.00 bits per heavy atom. The molecule has 0 radical (unpaired) electrons. The molecule has 2 amide bonds. The number of rotatable bonds is 6. The van der Waals surface area contributed by atoms with Crippen LogP contribution in [0.2, 0.25) is 0 Å². The summed E-state index contributed by atoms with van der Waals surface area (Å²) in [5, 5.41) is 15.3. The molecule has 2 unspecified atom stereocenters. The lowest BCUT2D eigenvalue weighted by molar-refractivity contribution is -0.130. The molecule has 2 atom stereocenters. The summed E-state index contributed by atoms with van der Waals surface area (Å²) in [4.78, 5) is 23.9. The lowest BCUT2D eigenvalue weighted by Gasteiger charge is -2.20. The molecule has 0 spiro atoms. The quantitative estimate of drug-likeness (QED) is 0.731. The molecule has 0 bridgehead atoms. The van der Waals surface area contributed by atoms with Gasteiger partial charge in [0.15, 0.2) is 6.10 Å². The van der Waals surface area contributed by atoms with Crippen molar-refractivity contribution < 1.29 is 14.7 Å². The number of hydrogen-bond donors (Lipinski definition) is 3. The van der Waals surface area contributed by atoms with E-state index in [2.05, 4.69) is 10.6 Å². The van der Waals surface area contributed by atoms with E-state index >= 15 is 0 Å². The zero-order valence-corrected chi connectivity index (χ0v) is 12.4. The van der Waals surface area contributed by atoms with Gasteiger partial charge in [-0.3, -0.25) is 9.59 Å². The molecular weight excluding hydrogens is 268 g/mol. The Morgan fingerprint density at radius 1 is 1.33 bits per heavy atom. The summed E-state index contributed by atoms with van der Waals surface area (Å²) in [7, 11) is 0. The fourth-order valence-corrected chi connectivity index (χ4v) is 2.09. The second-order valence-corrected chi connectivity index (χ2v) is 5.71. The van der Waals surface area contributed by atoms with E-state index in [1.165, 1.54) is 0 Å². The Morgan fingerprint density at radius 3 is 2.62 bits per heavy atom. The van der Waals surface area contributed by atoms with Crippen LogP contribution >= 0.6 is 0 Å². The minimum absolute atomic E-state index is 0.283. The van der Waals surface area contributed by atoms with Gasteiger partial charge < -0.3 is 15.7 Å². The molecule has 0 aliphatic heterocycles. The van der Waals surface area contributed by atoms with Gasteiger partial charge in [0.1, 0.15) is 0 Å². The van der Waals surface area contributed by atoms with Gasteiger partial charge in [-0.25, -0.2) is 0 Å². The van der Waals surface area contributed by atoms with Crippen molar-refractivity contribution in [1.82, 2.24) is 10.6 Å². The third-order valence-corrected chi connectivity index (χ3v) is 3.75. The van der Waals surface area contributed by atoms with Gasteiger partial charge in [-0.2, -0.15) is 0 Å². The molecule has 21 heavy (non-hydrogen) atoms. The summed E-state index contributed by atoms with van der Waals surface area (Å²) in [6.07, 6.45) is 1.03. The molecule has 1 fully saturated rings. The maximum absolute atomic E-state index is 12.1. The fraction of sp³-hybridized carbons (Fsp3) is 0.500. The number of aliphatic hydroxyl groups is 1. The molecule has 1 aromatic rings. The number of carbonyl (C=O) groups is 2. The Balaban J connectivity index is 1.87. The van der Waals surface area contributed by atoms with Gasteiger partial charge >= 0.3 is 0 Å². The van der Waals surface area contributed by atoms with Gasteiger partial charge in [-0.1, -0.05) is 18.2 Å². The Labute approximate surface area is 124 Å². The van der Waals surface area contributed by atoms with Crippen molar-refractivity contribution in [3.8, 4) is 0 Å². The molecule has 3 N–H and O–H groups in total. The molecular formula is C16H22N2O3. The molecule has 0 aromatic heterocycles. The zero-order chi connectivity index (χ0) is 15.4. The number of aliphatic hydroxyl groups excluding tert-OH is 1. The highest BCUT2D eigenvalue weighted by molar-refractivity contribution is 5.96. The third-order valence-electron chi connectivity index (χ3n) is 3.75. The molecule has 0 heterocycles. The molecule has 2 rings (SSSR count). The van der Waals surface area contributed by atoms with Crippen LogP contribution in [0.1, 0.15) is 35.7 Å². The first kappa shape index (κ1) is 15.5. The van der Waals surface area contributed by atoms with Crippen molar-refractivity contribution in [2.24, 2.45) is 5.92 Å². The number of aryl methyl sites for hydroxylation is 1. The van der Waals surface area contributed by atoms with Gasteiger partial charge in [-0.05, 0) is 44.2 Å². The Bertz CT molecular complexity index is 526. The zero-order valence-electron chi connectivity index (χ0n) is 12.4. The summed E-state index contributed by atoms with van der Waals surface area (Å²) < 4.78 is 0. The highest BCUT2D eigenvalue weighted by Gasteiger charge is 2.27. The summed E-state index contributed by atoms with van der Waals surface area (Å²) >= 11 is 0. The van der Waals surface area contributed by atoms with Crippen LogP contribution in [0.3, 0.4) is 0 Å². The highest BCUT2D eigenvalue weighted by Crippen LogP contribution is 2.27. The van der Waals surface area contributed by atoms with Crippen LogP contribution < -0.4 is 10.6 Å². The van der Waals surface area contributed by atoms with Crippen LogP contribution in [0, 0.1) is 12.8 Å². The monoisotopic (exact) mass is 290 g/mol. The van der Waals surface area contributed by atoms with Crippen molar-refractivity contribution >= 4 is 11.8 Å². The van der Waals surface area contributed by atoms with Gasteiger partial charge in [0.25, 0.3) is 11.8 Å². The molecule has 5 heteroatoms. The summed E-state index contributed by atoms with van der Waals surface area (Å²) in [5.41, 5.74) is 1.41. The van der Waals surface area contributed by atoms with Crippen molar-refractivity contribution in [2.75, 3.05) is 6.54 Å². The third kappa shape index (κ3) is 4.29. The van der Waals surface area contributed by atoms with Crippen LogP contribution in [0.25, 0.3) is 0 Å². The number of benzene rings is 1. The lowest BCUT2D eigenvalue weighted by atomic mass is 10.1. The van der Waals surface area contributed by atoms with Crippen molar-refractivity contribution in [3.05, 3.63) is 35.4 Å². The SMILES string of the molecule is Cc1ccccc1C(=O)NC(C)C(O)C(=O)NCC1CC1. The van der Waals surface area contributed by atoms with Crippen LogP contribution in [-0.2, 0) is 4.79 Å². The summed E-state index contributed by atoms with van der Waals surface area (Å²) in [5.74, 6) is -0.160. The number of nitrogens with one attached hydrogen (secondary N) is 2. The first-order valence-electron chi connectivity index (χ1n) is 7.31. The molecule has 1 saturated carbocycles. The topological polar surface area (TPSA) is 78.4 Å². The predicted molar refractivity (Wildman–Crippen MR) is 79.8 cm³/mol. The van der Waals surface area contributed by atoms with Gasteiger partial charge in [0.2, 0.25) is 0 Å². The van der Waals surface area contributed by atoms with E-state index < -0.39 is 18.1 Å².